The van der Waals surface area contributed by atoms with Crippen LogP contribution in [0.3, 0.4) is 0 Å². The fraction of sp³-hybridized carbons (Fsp3) is 0.412. The fourth-order valence-electron chi connectivity index (χ4n) is 2.59. The van der Waals surface area contributed by atoms with Crippen LogP contribution in [0, 0.1) is 12.7 Å². The summed E-state index contributed by atoms with van der Waals surface area (Å²) in [6.45, 7) is 5.57. The lowest BCUT2D eigenvalue weighted by molar-refractivity contribution is 0.0695. The minimum atomic E-state index is -1.31. The number of ether oxygens (including phenoxy) is 1. The summed E-state index contributed by atoms with van der Waals surface area (Å²) in [5, 5.41) is 9.21. The van der Waals surface area contributed by atoms with E-state index in [9.17, 15) is 14.0 Å². The minimum absolute atomic E-state index is 0.0433. The van der Waals surface area contributed by atoms with Gasteiger partial charge in [-0.2, -0.15) is 0 Å². The van der Waals surface area contributed by atoms with E-state index in [2.05, 4.69) is 0 Å². The average molecular weight is 321 g/mol. The molecule has 0 atom stereocenters. The Hall–Kier alpha value is -2.37. The summed E-state index contributed by atoms with van der Waals surface area (Å²) >= 11 is 0. The maximum atomic E-state index is 14.0. The molecule has 1 aromatic carbocycles. The molecule has 1 fully saturated rings. The molecule has 1 aliphatic rings. The molecule has 2 aromatic rings. The molecule has 5 nitrogen and oxygen atoms in total. The monoisotopic (exact) mass is 321 g/mol. The van der Waals surface area contributed by atoms with E-state index in [1.807, 2.05) is 13.8 Å². The van der Waals surface area contributed by atoms with Gasteiger partial charge in [-0.15, -0.1) is 0 Å². The van der Waals surface area contributed by atoms with Crippen LogP contribution in [-0.2, 0) is 0 Å². The highest BCUT2D eigenvalue weighted by Gasteiger charge is 2.29. The predicted octanol–water partition coefficient (Wildman–Crippen LogP) is 3.52. The predicted molar refractivity (Wildman–Crippen MR) is 86.0 cm³/mol. The fourth-order valence-corrected chi connectivity index (χ4v) is 2.59. The van der Waals surface area contributed by atoms with E-state index in [-0.39, 0.29) is 22.7 Å². The van der Waals surface area contributed by atoms with Crippen molar-refractivity contribution in [2.75, 3.05) is 7.11 Å². The van der Waals surface area contributed by atoms with Gasteiger partial charge in [0.25, 0.3) is 0 Å². The highest BCUT2D eigenvalue weighted by Crippen LogP contribution is 2.40. The molecule has 0 radical (unpaired) electrons. The number of fused-ring (bicyclic) bond motifs is 1. The molecule has 6 heteroatoms. The van der Waals surface area contributed by atoms with E-state index in [1.54, 1.807) is 11.5 Å². The average Bonchev–Trinajstić information content (AvgIpc) is 3.36. The van der Waals surface area contributed by atoms with Crippen molar-refractivity contribution >= 4 is 16.9 Å². The van der Waals surface area contributed by atoms with Crippen molar-refractivity contribution in [2.24, 2.45) is 0 Å². The van der Waals surface area contributed by atoms with Crippen molar-refractivity contribution in [2.45, 2.75) is 39.7 Å². The molecule has 1 aliphatic carbocycles. The Morgan fingerprint density at radius 3 is 2.48 bits per heavy atom. The van der Waals surface area contributed by atoms with Crippen LogP contribution in [0.1, 0.15) is 48.7 Å². The molecular formula is C17H20FNO4. The quantitative estimate of drug-likeness (QED) is 0.939. The van der Waals surface area contributed by atoms with Crippen molar-refractivity contribution in [3.63, 3.8) is 0 Å². The standard InChI is InChI=1S/C15H14FNO4.C2H6/c1-7-11(16)5-9-12(14(7)21-2)17(8-3-4-8)6-10(13(9)18)15(19)20;1-2/h5-6,8H,3-4H2,1-2H3,(H,19,20);1-2H3. The van der Waals surface area contributed by atoms with Crippen LogP contribution < -0.4 is 10.2 Å². The zero-order valence-corrected chi connectivity index (χ0v) is 13.6. The van der Waals surface area contributed by atoms with Gasteiger partial charge in [0.1, 0.15) is 17.1 Å². The molecule has 0 bridgehead atoms. The highest BCUT2D eigenvalue weighted by atomic mass is 19.1. The van der Waals surface area contributed by atoms with E-state index in [0.29, 0.717) is 11.1 Å². The molecule has 0 spiro atoms. The Bertz CT molecular complexity index is 822. The molecule has 3 rings (SSSR count). The second kappa shape index (κ2) is 6.40. The van der Waals surface area contributed by atoms with Crippen molar-refractivity contribution in [3.8, 4) is 5.75 Å². The molecule has 0 aliphatic heterocycles. The van der Waals surface area contributed by atoms with Gasteiger partial charge in [-0.05, 0) is 25.8 Å². The number of pyridine rings is 1. The van der Waals surface area contributed by atoms with Crippen LogP contribution in [0.15, 0.2) is 17.1 Å². The molecule has 23 heavy (non-hydrogen) atoms. The van der Waals surface area contributed by atoms with Crippen molar-refractivity contribution in [3.05, 3.63) is 39.4 Å². The molecule has 1 aromatic heterocycles. The maximum absolute atomic E-state index is 14.0. The third-order valence-corrected chi connectivity index (χ3v) is 3.83. The van der Waals surface area contributed by atoms with Crippen LogP contribution >= 0.6 is 0 Å². The highest BCUT2D eigenvalue weighted by molar-refractivity contribution is 5.95. The summed E-state index contributed by atoms with van der Waals surface area (Å²) in [6, 6.07) is 1.23. The number of carbonyl (C=O) groups is 1. The molecule has 1 heterocycles. The lowest BCUT2D eigenvalue weighted by atomic mass is 10.1. The first kappa shape index (κ1) is 17.0. The van der Waals surface area contributed by atoms with Gasteiger partial charge in [0, 0.05) is 17.8 Å². The Balaban J connectivity index is 0.000000924. The van der Waals surface area contributed by atoms with E-state index in [0.717, 1.165) is 18.9 Å². The summed E-state index contributed by atoms with van der Waals surface area (Å²) in [6.07, 6.45) is 3.14. The van der Waals surface area contributed by atoms with E-state index < -0.39 is 17.2 Å². The van der Waals surface area contributed by atoms with Crippen molar-refractivity contribution < 1.29 is 19.0 Å². The lowest BCUT2D eigenvalue weighted by Crippen LogP contribution is -2.19. The number of halogens is 1. The second-order valence-electron chi connectivity index (χ2n) is 5.23. The third kappa shape index (κ3) is 2.81. The van der Waals surface area contributed by atoms with Gasteiger partial charge in [0.2, 0.25) is 5.43 Å². The zero-order valence-electron chi connectivity index (χ0n) is 13.6. The summed E-state index contributed by atoms with van der Waals surface area (Å²) in [5.74, 6) is -1.61. The third-order valence-electron chi connectivity index (χ3n) is 3.83. The van der Waals surface area contributed by atoms with Crippen LogP contribution in [-0.4, -0.2) is 22.8 Å². The largest absolute Gasteiger partial charge is 0.494 e. The Morgan fingerprint density at radius 1 is 1.39 bits per heavy atom. The Labute approximate surface area is 133 Å². The molecule has 124 valence electrons. The summed E-state index contributed by atoms with van der Waals surface area (Å²) in [5.41, 5.74) is -0.262. The minimum Gasteiger partial charge on any atom is -0.494 e. The zero-order chi connectivity index (χ0) is 17.3. The van der Waals surface area contributed by atoms with Crippen LogP contribution in [0.4, 0.5) is 4.39 Å². The lowest BCUT2D eigenvalue weighted by Gasteiger charge is -2.16. The second-order valence-corrected chi connectivity index (χ2v) is 5.23. The van der Waals surface area contributed by atoms with Gasteiger partial charge >= 0.3 is 5.97 Å². The van der Waals surface area contributed by atoms with E-state index in [1.165, 1.54) is 13.3 Å². The number of aromatic nitrogens is 1. The number of benzene rings is 1. The van der Waals surface area contributed by atoms with Gasteiger partial charge in [0.05, 0.1) is 18.0 Å². The topological polar surface area (TPSA) is 68.5 Å². The maximum Gasteiger partial charge on any atom is 0.341 e. The first-order valence-electron chi connectivity index (χ1n) is 7.61. The van der Waals surface area contributed by atoms with E-state index >= 15 is 0 Å². The number of rotatable bonds is 3. The Kier molecular flexibility index (Phi) is 4.73. The summed E-state index contributed by atoms with van der Waals surface area (Å²) in [4.78, 5) is 23.5. The number of aromatic carboxylic acids is 1. The summed E-state index contributed by atoms with van der Waals surface area (Å²) in [7, 11) is 1.41. The van der Waals surface area contributed by atoms with Gasteiger partial charge < -0.3 is 14.4 Å². The number of methoxy groups -OCH3 is 1. The normalized spacial score (nSPS) is 13.4. The van der Waals surface area contributed by atoms with Gasteiger partial charge in [0.15, 0.2) is 0 Å². The number of carboxylic acids is 1. The molecule has 0 amide bonds. The van der Waals surface area contributed by atoms with Crippen molar-refractivity contribution in [1.82, 2.24) is 4.57 Å². The molecule has 1 N–H and O–H groups in total. The number of hydrogen-bond acceptors (Lipinski definition) is 3. The van der Waals surface area contributed by atoms with E-state index in [4.69, 9.17) is 9.84 Å². The first-order chi connectivity index (χ1) is 11.0. The van der Waals surface area contributed by atoms with Crippen LogP contribution in [0.25, 0.3) is 10.9 Å². The Morgan fingerprint density at radius 2 is 2.00 bits per heavy atom. The molecular weight excluding hydrogens is 301 g/mol. The first-order valence-corrected chi connectivity index (χ1v) is 7.61. The van der Waals surface area contributed by atoms with Gasteiger partial charge in [-0.3, -0.25) is 4.79 Å². The molecule has 0 saturated heterocycles. The molecule has 1 saturated carbocycles. The number of carboxylic acid groups (broad SMARTS) is 1. The van der Waals surface area contributed by atoms with Gasteiger partial charge in [-0.1, -0.05) is 13.8 Å². The van der Waals surface area contributed by atoms with Crippen molar-refractivity contribution in [1.29, 1.82) is 0 Å². The number of nitrogens with zero attached hydrogens (tertiary/aromatic N) is 1. The summed E-state index contributed by atoms with van der Waals surface area (Å²) < 4.78 is 21.0. The van der Waals surface area contributed by atoms with Crippen LogP contribution in [0.5, 0.6) is 5.75 Å². The molecule has 0 unspecified atom stereocenters. The SMILES string of the molecule is CC.COc1c(C)c(F)cc2c(=O)c(C(=O)O)cn(C3CC3)c12. The van der Waals surface area contributed by atoms with Crippen LogP contribution in [0.2, 0.25) is 0 Å². The number of hydrogen-bond donors (Lipinski definition) is 1. The van der Waals surface area contributed by atoms with Gasteiger partial charge in [-0.25, -0.2) is 9.18 Å². The smallest absolute Gasteiger partial charge is 0.341 e.